The Kier molecular flexibility index (Phi) is 5.25. The zero-order chi connectivity index (χ0) is 21.9. The van der Waals surface area contributed by atoms with Crippen LogP contribution < -0.4 is 5.32 Å². The van der Waals surface area contributed by atoms with E-state index < -0.39 is 5.82 Å². The number of rotatable bonds is 5. The fourth-order valence-electron chi connectivity index (χ4n) is 3.65. The lowest BCUT2D eigenvalue weighted by Crippen LogP contribution is -2.05. The lowest BCUT2D eigenvalue weighted by Gasteiger charge is -2.10. The summed E-state index contributed by atoms with van der Waals surface area (Å²) in [7, 11) is 0. The minimum atomic E-state index is -0.473. The lowest BCUT2D eigenvalue weighted by molar-refractivity contribution is 0.621. The number of halogens is 1. The summed E-state index contributed by atoms with van der Waals surface area (Å²) in [5, 5.41) is 5.07. The van der Waals surface area contributed by atoms with E-state index in [-0.39, 0.29) is 11.5 Å². The predicted octanol–water partition coefficient (Wildman–Crippen LogP) is 5.81. The summed E-state index contributed by atoms with van der Waals surface area (Å²) in [6.45, 7) is 2.42. The van der Waals surface area contributed by atoms with Crippen LogP contribution in [0.25, 0.3) is 33.2 Å². The molecule has 0 spiro atoms. The molecule has 3 aromatic heterocycles. The minimum Gasteiger partial charge on any atom is -0.363 e. The summed E-state index contributed by atoms with van der Waals surface area (Å²) in [5.74, 6) is -0.297. The summed E-state index contributed by atoms with van der Waals surface area (Å²) >= 11 is 0. The molecule has 0 bridgehead atoms. The van der Waals surface area contributed by atoms with Gasteiger partial charge in [-0.1, -0.05) is 36.4 Å². The highest BCUT2D eigenvalue weighted by Crippen LogP contribution is 2.27. The van der Waals surface area contributed by atoms with Crippen LogP contribution in [-0.4, -0.2) is 19.9 Å². The number of benzene rings is 2. The molecule has 5 rings (SSSR count). The summed E-state index contributed by atoms with van der Waals surface area (Å²) in [5.41, 5.74) is 5.18. The van der Waals surface area contributed by atoms with Crippen molar-refractivity contribution in [2.24, 2.45) is 0 Å². The molecule has 6 heteroatoms. The third kappa shape index (κ3) is 4.03. The van der Waals surface area contributed by atoms with E-state index >= 15 is 4.39 Å². The molecule has 156 valence electrons. The Morgan fingerprint density at radius 2 is 1.62 bits per heavy atom. The van der Waals surface area contributed by atoms with Gasteiger partial charge in [0.1, 0.15) is 12.0 Å². The van der Waals surface area contributed by atoms with Gasteiger partial charge in [0.15, 0.2) is 11.6 Å². The van der Waals surface area contributed by atoms with Crippen molar-refractivity contribution in [3.63, 3.8) is 0 Å². The highest BCUT2D eigenvalue weighted by Gasteiger charge is 2.13. The zero-order valence-corrected chi connectivity index (χ0v) is 17.5. The van der Waals surface area contributed by atoms with Crippen molar-refractivity contribution in [2.45, 2.75) is 13.5 Å². The molecule has 2 aromatic carbocycles. The van der Waals surface area contributed by atoms with Crippen LogP contribution in [0.1, 0.15) is 11.3 Å². The van der Waals surface area contributed by atoms with E-state index in [2.05, 4.69) is 37.4 Å². The van der Waals surface area contributed by atoms with Crippen LogP contribution in [0.15, 0.2) is 85.6 Å². The van der Waals surface area contributed by atoms with E-state index in [0.717, 1.165) is 33.2 Å². The van der Waals surface area contributed by atoms with E-state index in [1.165, 1.54) is 6.33 Å². The first-order chi connectivity index (χ1) is 15.7. The Hall–Kier alpha value is -4.19. The molecule has 3 heterocycles. The van der Waals surface area contributed by atoms with Crippen molar-refractivity contribution in [3.8, 4) is 22.4 Å². The number of nitrogens with zero attached hydrogens (tertiary/aromatic N) is 4. The highest BCUT2D eigenvalue weighted by atomic mass is 19.1. The van der Waals surface area contributed by atoms with Gasteiger partial charge in [-0.15, -0.1) is 0 Å². The van der Waals surface area contributed by atoms with Crippen LogP contribution in [0, 0.1) is 12.7 Å². The average molecular weight is 421 g/mol. The van der Waals surface area contributed by atoms with E-state index in [4.69, 9.17) is 0 Å². The normalized spacial score (nSPS) is 10.9. The fourth-order valence-corrected chi connectivity index (χ4v) is 3.65. The van der Waals surface area contributed by atoms with Gasteiger partial charge in [-0.25, -0.2) is 14.4 Å². The molecule has 5 aromatic rings. The molecule has 0 saturated carbocycles. The Bertz CT molecular complexity index is 1400. The molecule has 5 nitrogen and oxygen atoms in total. The molecule has 1 N–H and O–H groups in total. The van der Waals surface area contributed by atoms with Crippen LogP contribution >= 0.6 is 0 Å². The van der Waals surface area contributed by atoms with Crippen molar-refractivity contribution in [1.29, 1.82) is 0 Å². The molecule has 0 unspecified atom stereocenters. The number of hydrogen-bond acceptors (Lipinski definition) is 5. The molecule has 0 fully saturated rings. The number of pyridine rings is 2. The van der Waals surface area contributed by atoms with Crippen molar-refractivity contribution in [1.82, 2.24) is 19.9 Å². The van der Waals surface area contributed by atoms with Crippen LogP contribution in [0.5, 0.6) is 0 Å². The summed E-state index contributed by atoms with van der Waals surface area (Å²) in [4.78, 5) is 16.6. The Morgan fingerprint density at radius 3 is 2.47 bits per heavy atom. The van der Waals surface area contributed by atoms with Gasteiger partial charge in [0.2, 0.25) is 0 Å². The van der Waals surface area contributed by atoms with Crippen molar-refractivity contribution < 1.29 is 4.39 Å². The summed E-state index contributed by atoms with van der Waals surface area (Å²) in [6.07, 6.45) is 6.68. The average Bonchev–Trinajstić information content (AvgIpc) is 2.83. The number of nitrogens with one attached hydrogen (secondary N) is 1. The predicted molar refractivity (Wildman–Crippen MR) is 124 cm³/mol. The molecule has 0 aliphatic rings. The second-order valence-electron chi connectivity index (χ2n) is 7.56. The Labute approximate surface area is 185 Å². The second-order valence-corrected chi connectivity index (χ2v) is 7.56. The maximum absolute atomic E-state index is 15.2. The van der Waals surface area contributed by atoms with Crippen LogP contribution in [0.2, 0.25) is 0 Å². The fraction of sp³-hybridized carbons (Fsp3) is 0.0769. The lowest BCUT2D eigenvalue weighted by atomic mass is 10.0. The Morgan fingerprint density at radius 1 is 0.781 bits per heavy atom. The molecule has 0 radical (unpaired) electrons. The monoisotopic (exact) mass is 421 g/mol. The van der Waals surface area contributed by atoms with Crippen molar-refractivity contribution in [2.75, 3.05) is 5.32 Å². The van der Waals surface area contributed by atoms with E-state index in [0.29, 0.717) is 12.1 Å². The number of fused-ring (bicyclic) bond motifs is 1. The van der Waals surface area contributed by atoms with Gasteiger partial charge in [0.05, 0.1) is 0 Å². The van der Waals surface area contributed by atoms with E-state index in [1.54, 1.807) is 12.4 Å². The van der Waals surface area contributed by atoms with E-state index in [1.807, 2.05) is 61.7 Å². The minimum absolute atomic E-state index is 0.176. The second kappa shape index (κ2) is 8.51. The molecule has 0 saturated heterocycles. The highest BCUT2D eigenvalue weighted by molar-refractivity contribution is 5.86. The maximum atomic E-state index is 15.2. The molecule has 0 aliphatic heterocycles. The molecule has 32 heavy (non-hydrogen) atoms. The van der Waals surface area contributed by atoms with Crippen molar-refractivity contribution >= 4 is 16.6 Å². The third-order valence-electron chi connectivity index (χ3n) is 5.35. The van der Waals surface area contributed by atoms with Gasteiger partial charge in [0, 0.05) is 41.8 Å². The number of hydrogen-bond donors (Lipinski definition) is 1. The summed E-state index contributed by atoms with van der Waals surface area (Å²) in [6, 6.07) is 19.8. The first-order valence-corrected chi connectivity index (χ1v) is 10.3. The Balaban J connectivity index is 1.35. The maximum Gasteiger partial charge on any atom is 0.191 e. The quantitative estimate of drug-likeness (QED) is 0.388. The number of aromatic nitrogens is 4. The summed E-state index contributed by atoms with van der Waals surface area (Å²) < 4.78 is 15.2. The van der Waals surface area contributed by atoms with Gasteiger partial charge in [-0.05, 0) is 53.3 Å². The zero-order valence-electron chi connectivity index (χ0n) is 17.5. The number of anilines is 1. The van der Waals surface area contributed by atoms with Gasteiger partial charge in [-0.2, -0.15) is 0 Å². The first-order valence-electron chi connectivity index (χ1n) is 10.3. The number of aryl methyl sites for hydroxylation is 1. The standard InChI is InChI=1S/C26H20FN5/c1-17-12-21(9-11-29-17)19-4-2-18(3-5-19)14-30-26-24(27)25(31-16-32-26)22-7-6-20-8-10-28-15-23(20)13-22/h2-13,15-16H,14H2,1H3,(H,30,31,32). The molecule has 0 aliphatic carbocycles. The van der Waals surface area contributed by atoms with Crippen LogP contribution in [-0.2, 0) is 6.54 Å². The largest absolute Gasteiger partial charge is 0.363 e. The van der Waals surface area contributed by atoms with E-state index in [9.17, 15) is 0 Å². The molecule has 0 atom stereocenters. The molecular weight excluding hydrogens is 401 g/mol. The van der Waals surface area contributed by atoms with Gasteiger partial charge in [0.25, 0.3) is 0 Å². The van der Waals surface area contributed by atoms with Gasteiger partial charge < -0.3 is 5.32 Å². The first kappa shape index (κ1) is 19.8. The SMILES string of the molecule is Cc1cc(-c2ccc(CNc3ncnc(-c4ccc5ccncc5c4)c3F)cc2)ccn1. The molecular formula is C26H20FN5. The van der Waals surface area contributed by atoms with Crippen LogP contribution in [0.4, 0.5) is 10.2 Å². The van der Waals surface area contributed by atoms with Crippen LogP contribution in [0.3, 0.4) is 0 Å². The topological polar surface area (TPSA) is 63.6 Å². The van der Waals surface area contributed by atoms with Gasteiger partial charge >= 0.3 is 0 Å². The van der Waals surface area contributed by atoms with Gasteiger partial charge in [-0.3, -0.25) is 9.97 Å². The van der Waals surface area contributed by atoms with Crippen molar-refractivity contribution in [3.05, 3.63) is 103 Å². The third-order valence-corrected chi connectivity index (χ3v) is 5.35. The molecule has 0 amide bonds. The smallest absolute Gasteiger partial charge is 0.191 e.